The van der Waals surface area contributed by atoms with E-state index in [4.69, 9.17) is 4.74 Å². The first-order chi connectivity index (χ1) is 9.63. The average molecular weight is 310 g/mol. The number of carbonyl (C=O) groups is 1. The number of hydrogen-bond donors (Lipinski definition) is 0. The lowest BCUT2D eigenvalue weighted by Gasteiger charge is -2.08. The molecule has 2 aromatic heterocycles. The smallest absolute Gasteiger partial charge is 0.174 e. The molecule has 2 aromatic rings. The van der Waals surface area contributed by atoms with Crippen molar-refractivity contribution in [1.82, 2.24) is 9.55 Å². The fraction of sp³-hybridized carbons (Fsp3) is 0.429. The molecular formula is C14H18N2O2S2. The summed E-state index contributed by atoms with van der Waals surface area (Å²) < 4.78 is 8.17. The zero-order chi connectivity index (χ0) is 14.5. The van der Waals surface area contributed by atoms with E-state index in [1.807, 2.05) is 25.3 Å². The summed E-state index contributed by atoms with van der Waals surface area (Å²) in [6.07, 6.45) is 1.76. The van der Waals surface area contributed by atoms with Gasteiger partial charge in [-0.1, -0.05) is 11.8 Å². The molecular weight excluding hydrogens is 292 g/mol. The van der Waals surface area contributed by atoms with Crippen LogP contribution in [0.25, 0.3) is 0 Å². The fourth-order valence-electron chi connectivity index (χ4n) is 2.10. The van der Waals surface area contributed by atoms with Gasteiger partial charge in [-0.25, -0.2) is 4.98 Å². The first kappa shape index (κ1) is 15.3. The maximum absolute atomic E-state index is 12.3. The van der Waals surface area contributed by atoms with Crippen LogP contribution in [0.3, 0.4) is 0 Å². The largest absolute Gasteiger partial charge is 0.383 e. The minimum absolute atomic E-state index is 0.155. The van der Waals surface area contributed by atoms with E-state index >= 15 is 0 Å². The second-order valence-electron chi connectivity index (χ2n) is 4.44. The third-order valence-electron chi connectivity index (χ3n) is 3.13. The Balaban J connectivity index is 2.06. The number of ketones is 1. The molecule has 108 valence electrons. The Morgan fingerprint density at radius 3 is 2.95 bits per heavy atom. The molecule has 20 heavy (non-hydrogen) atoms. The van der Waals surface area contributed by atoms with E-state index in [9.17, 15) is 4.79 Å². The number of aromatic nitrogens is 2. The van der Waals surface area contributed by atoms with Crippen molar-refractivity contribution in [2.45, 2.75) is 24.7 Å². The van der Waals surface area contributed by atoms with Crippen LogP contribution < -0.4 is 0 Å². The number of Topliss-reactive ketones (excluding diaryl/α,β-unsaturated/α-hetero) is 1. The van der Waals surface area contributed by atoms with Crippen molar-refractivity contribution < 1.29 is 9.53 Å². The first-order valence-electron chi connectivity index (χ1n) is 6.34. The van der Waals surface area contributed by atoms with Gasteiger partial charge in [-0.05, 0) is 19.9 Å². The van der Waals surface area contributed by atoms with Crippen LogP contribution in [0, 0.1) is 13.8 Å². The second-order valence-corrected chi connectivity index (χ2v) is 6.56. The summed E-state index contributed by atoms with van der Waals surface area (Å²) in [5, 5.41) is 1.92. The Morgan fingerprint density at radius 2 is 2.30 bits per heavy atom. The zero-order valence-corrected chi connectivity index (χ0v) is 13.5. The predicted octanol–water partition coefficient (Wildman–Crippen LogP) is 3.18. The number of aryl methyl sites for hydroxylation is 1. The van der Waals surface area contributed by atoms with Gasteiger partial charge in [0.05, 0.1) is 12.4 Å². The molecule has 0 aliphatic heterocycles. The molecule has 0 unspecified atom stereocenters. The number of thioether (sulfide) groups is 1. The lowest BCUT2D eigenvalue weighted by molar-refractivity contribution is 0.102. The van der Waals surface area contributed by atoms with Crippen LogP contribution in [0.5, 0.6) is 0 Å². The molecule has 0 saturated heterocycles. The second kappa shape index (κ2) is 7.06. The third kappa shape index (κ3) is 3.50. The van der Waals surface area contributed by atoms with Gasteiger partial charge in [0.25, 0.3) is 0 Å². The number of methoxy groups -OCH3 is 1. The van der Waals surface area contributed by atoms with Crippen molar-refractivity contribution in [2.24, 2.45) is 0 Å². The van der Waals surface area contributed by atoms with Crippen LogP contribution >= 0.6 is 23.1 Å². The van der Waals surface area contributed by atoms with E-state index < -0.39 is 0 Å². The molecule has 0 bridgehead atoms. The van der Waals surface area contributed by atoms with Gasteiger partial charge in [0.15, 0.2) is 5.78 Å². The quantitative estimate of drug-likeness (QED) is 0.582. The molecule has 0 spiro atoms. The summed E-state index contributed by atoms with van der Waals surface area (Å²) in [4.78, 5) is 16.5. The Bertz CT molecular complexity index is 576. The lowest BCUT2D eigenvalue weighted by atomic mass is 10.2. The highest BCUT2D eigenvalue weighted by atomic mass is 32.2. The number of hydrogen-bond acceptors (Lipinski definition) is 5. The van der Waals surface area contributed by atoms with Crippen molar-refractivity contribution in [3.05, 3.63) is 34.6 Å². The SMILES string of the molecule is COCCn1c(C)cc(C(=O)CSc2nccs2)c1C. The van der Waals surface area contributed by atoms with E-state index in [-0.39, 0.29) is 5.78 Å². The number of nitrogens with zero attached hydrogens (tertiary/aromatic N) is 2. The molecule has 6 heteroatoms. The monoisotopic (exact) mass is 310 g/mol. The summed E-state index contributed by atoms with van der Waals surface area (Å²) in [6, 6.07) is 1.97. The molecule has 0 N–H and O–H groups in total. The van der Waals surface area contributed by atoms with Gasteiger partial charge in [0.2, 0.25) is 0 Å². The van der Waals surface area contributed by atoms with Crippen LogP contribution in [-0.4, -0.2) is 34.8 Å². The molecule has 0 atom stereocenters. The van der Waals surface area contributed by atoms with E-state index in [2.05, 4.69) is 9.55 Å². The fourth-order valence-corrected chi connectivity index (χ4v) is 3.62. The van der Waals surface area contributed by atoms with E-state index in [0.29, 0.717) is 12.4 Å². The van der Waals surface area contributed by atoms with Gasteiger partial charge in [0, 0.05) is 42.2 Å². The van der Waals surface area contributed by atoms with E-state index in [1.165, 1.54) is 11.8 Å². The van der Waals surface area contributed by atoms with Crippen LogP contribution in [0.15, 0.2) is 22.0 Å². The summed E-state index contributed by atoms with van der Waals surface area (Å²) in [5.74, 6) is 0.587. The predicted molar refractivity (Wildman–Crippen MR) is 83.0 cm³/mol. The molecule has 0 fully saturated rings. The molecule has 2 rings (SSSR count). The Kier molecular flexibility index (Phi) is 5.39. The Hall–Kier alpha value is -1.11. The van der Waals surface area contributed by atoms with Crippen molar-refractivity contribution in [3.8, 4) is 0 Å². The summed E-state index contributed by atoms with van der Waals surface area (Å²) in [7, 11) is 1.69. The van der Waals surface area contributed by atoms with Crippen LogP contribution in [0.4, 0.5) is 0 Å². The van der Waals surface area contributed by atoms with Gasteiger partial charge in [-0.3, -0.25) is 4.79 Å². The van der Waals surface area contributed by atoms with Crippen molar-refractivity contribution >= 4 is 28.9 Å². The summed E-state index contributed by atoms with van der Waals surface area (Å²) >= 11 is 3.06. The number of rotatable bonds is 7. The van der Waals surface area contributed by atoms with Crippen LogP contribution in [0.2, 0.25) is 0 Å². The average Bonchev–Trinajstić information content (AvgIpc) is 3.03. The molecule has 4 nitrogen and oxygen atoms in total. The van der Waals surface area contributed by atoms with Gasteiger partial charge >= 0.3 is 0 Å². The Labute approximate surface area is 127 Å². The van der Waals surface area contributed by atoms with Crippen LogP contribution in [0.1, 0.15) is 21.7 Å². The molecule has 0 amide bonds. The highest BCUT2D eigenvalue weighted by molar-refractivity contribution is 8.01. The first-order valence-corrected chi connectivity index (χ1v) is 8.21. The van der Waals surface area contributed by atoms with Gasteiger partial charge in [-0.15, -0.1) is 11.3 Å². The number of ether oxygens (including phenoxy) is 1. The highest BCUT2D eigenvalue weighted by Gasteiger charge is 2.16. The van der Waals surface area contributed by atoms with Gasteiger partial charge in [0.1, 0.15) is 4.34 Å². The van der Waals surface area contributed by atoms with Gasteiger partial charge < -0.3 is 9.30 Å². The van der Waals surface area contributed by atoms with Crippen molar-refractivity contribution in [1.29, 1.82) is 0 Å². The zero-order valence-electron chi connectivity index (χ0n) is 11.9. The molecule has 0 aromatic carbocycles. The molecule has 0 aliphatic rings. The maximum atomic E-state index is 12.3. The van der Waals surface area contributed by atoms with Crippen LogP contribution in [-0.2, 0) is 11.3 Å². The summed E-state index contributed by atoms with van der Waals surface area (Å²) in [5.41, 5.74) is 2.93. The summed E-state index contributed by atoms with van der Waals surface area (Å²) in [6.45, 7) is 5.44. The Morgan fingerprint density at radius 1 is 1.50 bits per heavy atom. The highest BCUT2D eigenvalue weighted by Crippen LogP contribution is 2.23. The third-order valence-corrected chi connectivity index (χ3v) is 5.10. The molecule has 2 heterocycles. The minimum atomic E-state index is 0.155. The van der Waals surface area contributed by atoms with E-state index in [1.54, 1.807) is 24.6 Å². The van der Waals surface area contributed by atoms with E-state index in [0.717, 1.165) is 27.8 Å². The molecule has 0 saturated carbocycles. The van der Waals surface area contributed by atoms with Crippen molar-refractivity contribution in [2.75, 3.05) is 19.5 Å². The number of carbonyl (C=O) groups excluding carboxylic acids is 1. The standard InChI is InChI=1S/C14H18N2O2S2/c1-10-8-12(11(2)16(10)5-6-18-3)13(17)9-20-14-15-4-7-19-14/h4,7-8H,5-6,9H2,1-3H3. The lowest BCUT2D eigenvalue weighted by Crippen LogP contribution is -2.09. The van der Waals surface area contributed by atoms with Crippen molar-refractivity contribution in [3.63, 3.8) is 0 Å². The maximum Gasteiger partial charge on any atom is 0.174 e. The number of thiazole rings is 1. The molecule has 0 aliphatic carbocycles. The topological polar surface area (TPSA) is 44.1 Å². The minimum Gasteiger partial charge on any atom is -0.383 e. The normalized spacial score (nSPS) is 10.9. The molecule has 0 radical (unpaired) electrons. The van der Waals surface area contributed by atoms with Gasteiger partial charge in [-0.2, -0.15) is 0 Å².